The van der Waals surface area contributed by atoms with Crippen molar-refractivity contribution >= 4 is 23.6 Å². The topological polar surface area (TPSA) is 72.9 Å². The number of carbonyl (C=O) groups is 2. The Labute approximate surface area is 225 Å². The van der Waals surface area contributed by atoms with Crippen LogP contribution in [0.4, 0.5) is 0 Å². The van der Waals surface area contributed by atoms with Gasteiger partial charge in [-0.25, -0.2) is 4.79 Å². The zero-order valence-electron chi connectivity index (χ0n) is 22.2. The van der Waals surface area contributed by atoms with E-state index in [9.17, 15) is 14.7 Å². The number of nitrogens with one attached hydrogen (secondary N) is 1. The Morgan fingerprint density at radius 2 is 1.84 bits per heavy atom. The maximum atomic E-state index is 13.4. The molecule has 7 heteroatoms. The van der Waals surface area contributed by atoms with Crippen molar-refractivity contribution < 1.29 is 14.7 Å². The zero-order valence-corrected chi connectivity index (χ0v) is 23.1. The van der Waals surface area contributed by atoms with Crippen molar-refractivity contribution in [2.75, 3.05) is 38.2 Å². The Morgan fingerprint density at radius 3 is 2.57 bits per heavy atom. The molecular formula is C30H41N3O3S. The van der Waals surface area contributed by atoms with Crippen LogP contribution in [0.5, 0.6) is 0 Å². The van der Waals surface area contributed by atoms with Crippen molar-refractivity contribution in [1.29, 1.82) is 0 Å². The summed E-state index contributed by atoms with van der Waals surface area (Å²) >= 11 is 1.58. The summed E-state index contributed by atoms with van der Waals surface area (Å²) in [5.41, 5.74) is 4.69. The van der Waals surface area contributed by atoms with E-state index in [1.54, 1.807) is 11.8 Å². The number of thioether (sulfide) groups is 1. The van der Waals surface area contributed by atoms with Gasteiger partial charge in [0, 0.05) is 24.7 Å². The van der Waals surface area contributed by atoms with Crippen LogP contribution in [0.15, 0.2) is 42.5 Å². The Kier molecular flexibility index (Phi) is 10.1. The summed E-state index contributed by atoms with van der Waals surface area (Å²) in [5, 5.41) is 12.4. The standard InChI is InChI=1S/C30H41N3O3S/c1-22-9-4-5-11-25(22)27-19-23(12-13-26(27)29(34)31-28(30(35)36)14-18-37-2)20-33-17-8-10-24(33)21-32-15-6-3-7-16-32/h4-5,9,11-13,19,24,28H,3,6-8,10,14-18,20-21H2,1-2H3,(H,31,34)(H,35,36)/t24-,28+/m1/s1. The van der Waals surface area contributed by atoms with Gasteiger partial charge in [-0.15, -0.1) is 0 Å². The number of amides is 1. The summed E-state index contributed by atoms with van der Waals surface area (Å²) in [7, 11) is 0. The van der Waals surface area contributed by atoms with Crippen molar-refractivity contribution in [2.24, 2.45) is 0 Å². The van der Waals surface area contributed by atoms with E-state index < -0.39 is 12.0 Å². The van der Waals surface area contributed by atoms with Crippen LogP contribution in [-0.2, 0) is 11.3 Å². The smallest absolute Gasteiger partial charge is 0.326 e. The summed E-state index contributed by atoms with van der Waals surface area (Å²) in [6.07, 6.45) is 8.80. The van der Waals surface area contributed by atoms with Crippen LogP contribution in [0.2, 0.25) is 0 Å². The van der Waals surface area contributed by atoms with Crippen molar-refractivity contribution in [1.82, 2.24) is 15.1 Å². The molecule has 0 aromatic heterocycles. The third-order valence-electron chi connectivity index (χ3n) is 7.78. The minimum atomic E-state index is -0.995. The summed E-state index contributed by atoms with van der Waals surface area (Å²) in [6.45, 7) is 7.62. The Bertz CT molecular complexity index is 1070. The van der Waals surface area contributed by atoms with Crippen LogP contribution >= 0.6 is 11.8 Å². The lowest BCUT2D eigenvalue weighted by Crippen LogP contribution is -2.42. The largest absolute Gasteiger partial charge is 0.480 e. The van der Waals surface area contributed by atoms with Crippen LogP contribution < -0.4 is 5.32 Å². The second-order valence-corrected chi connectivity index (χ2v) is 11.5. The molecule has 4 rings (SSSR count). The fourth-order valence-corrected chi connectivity index (χ4v) is 6.17. The van der Waals surface area contributed by atoms with Crippen LogP contribution in [0.1, 0.15) is 60.0 Å². The fraction of sp³-hybridized carbons (Fsp3) is 0.533. The van der Waals surface area contributed by atoms with Gasteiger partial charge in [-0.3, -0.25) is 9.69 Å². The number of rotatable bonds is 11. The molecule has 2 aliphatic rings. The number of carboxylic acids is 1. The molecule has 2 aliphatic heterocycles. The van der Waals surface area contributed by atoms with E-state index in [0.29, 0.717) is 23.8 Å². The third-order valence-corrected chi connectivity index (χ3v) is 8.42. The van der Waals surface area contributed by atoms with E-state index in [0.717, 1.165) is 36.3 Å². The number of nitrogens with zero attached hydrogens (tertiary/aromatic N) is 2. The quantitative estimate of drug-likeness (QED) is 0.430. The predicted octanol–water partition coefficient (Wildman–Crippen LogP) is 5.05. The highest BCUT2D eigenvalue weighted by Gasteiger charge is 2.28. The minimum absolute atomic E-state index is 0.331. The second kappa shape index (κ2) is 13.4. The number of hydrogen-bond acceptors (Lipinski definition) is 5. The summed E-state index contributed by atoms with van der Waals surface area (Å²) in [5.74, 6) is -0.650. The van der Waals surface area contributed by atoms with Gasteiger partial charge in [-0.1, -0.05) is 36.8 Å². The third kappa shape index (κ3) is 7.37. The van der Waals surface area contributed by atoms with Gasteiger partial charge in [0.05, 0.1) is 0 Å². The lowest BCUT2D eigenvalue weighted by molar-refractivity contribution is -0.139. The predicted molar refractivity (Wildman–Crippen MR) is 152 cm³/mol. The molecule has 0 radical (unpaired) electrons. The Morgan fingerprint density at radius 1 is 1.05 bits per heavy atom. The molecule has 2 saturated heterocycles. The van der Waals surface area contributed by atoms with Gasteiger partial charge in [0.25, 0.3) is 5.91 Å². The number of hydrogen-bond donors (Lipinski definition) is 2. The molecule has 2 fully saturated rings. The molecule has 1 amide bonds. The highest BCUT2D eigenvalue weighted by molar-refractivity contribution is 7.98. The first kappa shape index (κ1) is 27.7. The monoisotopic (exact) mass is 523 g/mol. The van der Waals surface area contributed by atoms with Gasteiger partial charge in [-0.2, -0.15) is 11.8 Å². The highest BCUT2D eigenvalue weighted by atomic mass is 32.2. The van der Waals surface area contributed by atoms with Crippen molar-refractivity contribution in [3.8, 4) is 11.1 Å². The molecule has 200 valence electrons. The Balaban J connectivity index is 1.57. The van der Waals surface area contributed by atoms with E-state index in [4.69, 9.17) is 0 Å². The Hall–Kier alpha value is -2.35. The zero-order chi connectivity index (χ0) is 26.2. The molecular weight excluding hydrogens is 482 g/mol. The van der Waals surface area contributed by atoms with Crippen LogP contribution in [-0.4, -0.2) is 77.1 Å². The molecule has 2 aromatic carbocycles. The number of aryl methyl sites for hydroxylation is 1. The normalized spacial score (nSPS) is 19.6. The van der Waals surface area contributed by atoms with E-state index in [1.807, 2.05) is 36.6 Å². The molecule has 2 heterocycles. The summed E-state index contributed by atoms with van der Waals surface area (Å²) in [4.78, 5) is 30.4. The van der Waals surface area contributed by atoms with Gasteiger partial charge in [0.2, 0.25) is 0 Å². The fourth-order valence-electron chi connectivity index (χ4n) is 5.70. The van der Waals surface area contributed by atoms with Gasteiger partial charge in [0.1, 0.15) is 6.04 Å². The summed E-state index contributed by atoms with van der Waals surface area (Å²) < 4.78 is 0. The van der Waals surface area contributed by atoms with Crippen molar-refractivity contribution in [3.05, 3.63) is 59.2 Å². The molecule has 0 bridgehead atoms. The van der Waals surface area contributed by atoms with Crippen LogP contribution in [0.25, 0.3) is 11.1 Å². The van der Waals surface area contributed by atoms with E-state index in [1.165, 1.54) is 50.8 Å². The van der Waals surface area contributed by atoms with Crippen LogP contribution in [0.3, 0.4) is 0 Å². The van der Waals surface area contributed by atoms with Crippen molar-refractivity contribution in [3.63, 3.8) is 0 Å². The number of likely N-dealkylation sites (tertiary alicyclic amines) is 2. The molecule has 0 saturated carbocycles. The number of piperidine rings is 1. The van der Waals surface area contributed by atoms with E-state index in [-0.39, 0.29) is 5.91 Å². The molecule has 0 unspecified atom stereocenters. The molecule has 2 N–H and O–H groups in total. The molecule has 2 atom stereocenters. The molecule has 6 nitrogen and oxygen atoms in total. The maximum absolute atomic E-state index is 13.4. The van der Waals surface area contributed by atoms with Gasteiger partial charge >= 0.3 is 5.97 Å². The number of aliphatic carboxylic acids is 1. The average Bonchev–Trinajstić information content (AvgIpc) is 3.33. The molecule has 0 aliphatic carbocycles. The average molecular weight is 524 g/mol. The van der Waals surface area contributed by atoms with Gasteiger partial charge < -0.3 is 15.3 Å². The molecule has 2 aromatic rings. The lowest BCUT2D eigenvalue weighted by atomic mass is 9.93. The molecule has 37 heavy (non-hydrogen) atoms. The number of carboxylic acid groups (broad SMARTS) is 1. The van der Waals surface area contributed by atoms with Gasteiger partial charge in [0.15, 0.2) is 0 Å². The second-order valence-electron chi connectivity index (χ2n) is 10.5. The molecule has 0 spiro atoms. The summed E-state index contributed by atoms with van der Waals surface area (Å²) in [6, 6.07) is 13.8. The lowest BCUT2D eigenvalue weighted by Gasteiger charge is -2.33. The maximum Gasteiger partial charge on any atom is 0.326 e. The van der Waals surface area contributed by atoms with Crippen LogP contribution in [0, 0.1) is 6.92 Å². The van der Waals surface area contributed by atoms with Crippen molar-refractivity contribution in [2.45, 2.75) is 64.1 Å². The first-order valence-corrected chi connectivity index (χ1v) is 15.0. The van der Waals surface area contributed by atoms with Gasteiger partial charge in [-0.05, 0) is 105 Å². The number of carbonyl (C=O) groups excluding carboxylic acids is 1. The number of benzene rings is 2. The SMILES string of the molecule is CSCC[C@H](NC(=O)c1ccc(CN2CCC[C@@H]2CN2CCCCC2)cc1-c1ccccc1C)C(=O)O. The first-order valence-electron chi connectivity index (χ1n) is 13.6. The highest BCUT2D eigenvalue weighted by Crippen LogP contribution is 2.30. The van der Waals surface area contributed by atoms with E-state index >= 15 is 0 Å². The van der Waals surface area contributed by atoms with E-state index in [2.05, 4.69) is 34.2 Å². The first-order chi connectivity index (χ1) is 18.0. The minimum Gasteiger partial charge on any atom is -0.480 e.